The largest absolute Gasteiger partial charge is 0.283 e. The molecule has 0 spiro atoms. The van der Waals surface area contributed by atoms with Crippen molar-refractivity contribution in [3.8, 4) is 0 Å². The quantitative estimate of drug-likeness (QED) is 0.586. The summed E-state index contributed by atoms with van der Waals surface area (Å²) in [4.78, 5) is 28.8. The van der Waals surface area contributed by atoms with Gasteiger partial charge in [-0.25, -0.2) is 0 Å². The molecule has 20 heavy (non-hydrogen) atoms. The summed E-state index contributed by atoms with van der Waals surface area (Å²) in [7, 11) is 0. The third-order valence-electron chi connectivity index (χ3n) is 5.14. The third-order valence-corrected chi connectivity index (χ3v) is 5.14. The molecule has 4 heteroatoms. The van der Waals surface area contributed by atoms with Crippen LogP contribution in [0.5, 0.6) is 0 Å². The van der Waals surface area contributed by atoms with Crippen LogP contribution in [0.25, 0.3) is 0 Å². The van der Waals surface area contributed by atoms with E-state index in [9.17, 15) is 9.59 Å². The lowest BCUT2D eigenvalue weighted by Crippen LogP contribution is -2.48. The van der Waals surface area contributed by atoms with Crippen molar-refractivity contribution in [1.82, 2.24) is 9.80 Å². The van der Waals surface area contributed by atoms with Crippen LogP contribution in [0.4, 0.5) is 0 Å². The molecule has 0 aromatic carbocycles. The number of imide groups is 1. The Labute approximate surface area is 120 Å². The van der Waals surface area contributed by atoms with Crippen molar-refractivity contribution < 1.29 is 9.59 Å². The molecule has 2 aliphatic heterocycles. The first-order chi connectivity index (χ1) is 9.72. The predicted molar refractivity (Wildman–Crippen MR) is 76.7 cm³/mol. The number of carbonyl (C=O) groups excluding carboxylic acids is 2. The monoisotopic (exact) mass is 276 g/mol. The number of piperidine rings is 1. The summed E-state index contributed by atoms with van der Waals surface area (Å²) < 4.78 is 0. The van der Waals surface area contributed by atoms with Crippen LogP contribution in [-0.2, 0) is 9.59 Å². The van der Waals surface area contributed by atoms with Gasteiger partial charge in [0.1, 0.15) is 0 Å². The van der Waals surface area contributed by atoms with Crippen LogP contribution >= 0.6 is 0 Å². The van der Waals surface area contributed by atoms with Crippen molar-refractivity contribution in [2.75, 3.05) is 13.2 Å². The zero-order valence-electron chi connectivity index (χ0n) is 12.3. The molecule has 3 rings (SSSR count). The second kappa shape index (κ2) is 5.68. The van der Waals surface area contributed by atoms with E-state index in [-0.39, 0.29) is 23.7 Å². The molecule has 0 N–H and O–H groups in total. The van der Waals surface area contributed by atoms with E-state index in [0.717, 1.165) is 25.8 Å². The van der Waals surface area contributed by atoms with Crippen molar-refractivity contribution in [2.45, 2.75) is 51.5 Å². The van der Waals surface area contributed by atoms with E-state index in [1.54, 1.807) is 0 Å². The Balaban J connectivity index is 1.71. The lowest BCUT2D eigenvalue weighted by molar-refractivity contribution is -0.143. The van der Waals surface area contributed by atoms with Crippen LogP contribution in [0.2, 0.25) is 0 Å². The van der Waals surface area contributed by atoms with Crippen LogP contribution in [0, 0.1) is 11.8 Å². The molecule has 1 aliphatic carbocycles. The fourth-order valence-corrected chi connectivity index (χ4v) is 3.90. The standard InChI is InChI=1S/C16H24N2O2/c1-2-12-7-5-6-10-17(12)11-18-15(19)13-8-3-4-9-14(13)16(18)20/h3-4,12-14H,2,5-11H2,1H3. The molecule has 2 saturated heterocycles. The molecule has 3 atom stereocenters. The second-order valence-corrected chi connectivity index (χ2v) is 6.27. The highest BCUT2D eigenvalue weighted by Gasteiger charge is 2.47. The molecule has 0 bridgehead atoms. The highest BCUT2D eigenvalue weighted by atomic mass is 16.2. The minimum Gasteiger partial charge on any atom is -0.283 e. The average molecular weight is 276 g/mol. The Bertz CT molecular complexity index is 406. The summed E-state index contributed by atoms with van der Waals surface area (Å²) in [5, 5.41) is 0. The van der Waals surface area contributed by atoms with E-state index in [1.807, 2.05) is 12.2 Å². The molecular formula is C16H24N2O2. The smallest absolute Gasteiger partial charge is 0.234 e. The number of fused-ring (bicyclic) bond motifs is 1. The van der Waals surface area contributed by atoms with Gasteiger partial charge in [0.05, 0.1) is 18.5 Å². The van der Waals surface area contributed by atoms with E-state index in [1.165, 1.54) is 24.2 Å². The van der Waals surface area contributed by atoms with Crippen molar-refractivity contribution >= 4 is 11.8 Å². The second-order valence-electron chi connectivity index (χ2n) is 6.27. The first-order valence-corrected chi connectivity index (χ1v) is 7.96. The van der Waals surface area contributed by atoms with Gasteiger partial charge in [-0.05, 0) is 32.1 Å². The molecule has 2 fully saturated rings. The van der Waals surface area contributed by atoms with Gasteiger partial charge in [-0.15, -0.1) is 0 Å². The summed E-state index contributed by atoms with van der Waals surface area (Å²) in [6.07, 6.45) is 10.3. The van der Waals surface area contributed by atoms with Crippen LogP contribution < -0.4 is 0 Å². The van der Waals surface area contributed by atoms with Crippen LogP contribution in [0.3, 0.4) is 0 Å². The Morgan fingerprint density at radius 1 is 1.10 bits per heavy atom. The summed E-state index contributed by atoms with van der Waals surface area (Å²) in [5.41, 5.74) is 0. The molecule has 3 aliphatic rings. The maximum atomic E-state index is 12.5. The number of carbonyl (C=O) groups is 2. The number of likely N-dealkylation sites (tertiary alicyclic amines) is 2. The van der Waals surface area contributed by atoms with Crippen molar-refractivity contribution in [3.63, 3.8) is 0 Å². The molecule has 0 aromatic rings. The molecule has 0 saturated carbocycles. The van der Waals surface area contributed by atoms with Crippen LogP contribution in [0.1, 0.15) is 45.4 Å². The highest BCUT2D eigenvalue weighted by molar-refractivity contribution is 6.05. The topological polar surface area (TPSA) is 40.6 Å². The number of allylic oxidation sites excluding steroid dienone is 2. The fraction of sp³-hybridized carbons (Fsp3) is 0.750. The molecule has 2 heterocycles. The van der Waals surface area contributed by atoms with Crippen LogP contribution in [0.15, 0.2) is 12.2 Å². The fourth-order valence-electron chi connectivity index (χ4n) is 3.90. The van der Waals surface area contributed by atoms with E-state index in [0.29, 0.717) is 12.7 Å². The molecule has 4 nitrogen and oxygen atoms in total. The van der Waals surface area contributed by atoms with Gasteiger partial charge >= 0.3 is 0 Å². The Morgan fingerprint density at radius 2 is 1.75 bits per heavy atom. The first-order valence-electron chi connectivity index (χ1n) is 7.96. The maximum Gasteiger partial charge on any atom is 0.234 e. The van der Waals surface area contributed by atoms with Gasteiger partial charge in [0.2, 0.25) is 11.8 Å². The number of nitrogens with zero attached hydrogens (tertiary/aromatic N) is 2. The van der Waals surface area contributed by atoms with Gasteiger partial charge in [-0.1, -0.05) is 25.5 Å². The van der Waals surface area contributed by atoms with Crippen LogP contribution in [-0.4, -0.2) is 40.9 Å². The summed E-state index contributed by atoms with van der Waals surface area (Å²) in [6, 6.07) is 0.533. The zero-order chi connectivity index (χ0) is 14.1. The molecular weight excluding hydrogens is 252 g/mol. The first kappa shape index (κ1) is 13.8. The number of amides is 2. The molecule has 3 unspecified atom stereocenters. The van der Waals surface area contributed by atoms with Crippen molar-refractivity contribution in [3.05, 3.63) is 12.2 Å². The number of hydrogen-bond acceptors (Lipinski definition) is 3. The van der Waals surface area contributed by atoms with E-state index in [4.69, 9.17) is 0 Å². The Kier molecular flexibility index (Phi) is 3.92. The normalized spacial score (nSPS) is 34.6. The molecule has 2 amide bonds. The SMILES string of the molecule is CCC1CCCCN1CN1C(=O)C2CC=CCC2C1=O. The van der Waals surface area contributed by atoms with Gasteiger partial charge in [0, 0.05) is 12.6 Å². The minimum absolute atomic E-state index is 0.0600. The van der Waals surface area contributed by atoms with Gasteiger partial charge in [0.25, 0.3) is 0 Å². The van der Waals surface area contributed by atoms with Gasteiger partial charge < -0.3 is 0 Å². The molecule has 0 aromatic heterocycles. The minimum atomic E-state index is -0.0858. The Morgan fingerprint density at radius 3 is 2.35 bits per heavy atom. The number of rotatable bonds is 3. The van der Waals surface area contributed by atoms with E-state index < -0.39 is 0 Å². The third kappa shape index (κ3) is 2.30. The average Bonchev–Trinajstić information content (AvgIpc) is 2.73. The maximum absolute atomic E-state index is 12.5. The highest BCUT2D eigenvalue weighted by Crippen LogP contribution is 2.35. The zero-order valence-corrected chi connectivity index (χ0v) is 12.3. The van der Waals surface area contributed by atoms with Gasteiger partial charge in [0.15, 0.2) is 0 Å². The molecule has 0 radical (unpaired) electrons. The summed E-state index contributed by atoms with van der Waals surface area (Å²) in [5.74, 6) is -0.0516. The summed E-state index contributed by atoms with van der Waals surface area (Å²) in [6.45, 7) is 3.73. The summed E-state index contributed by atoms with van der Waals surface area (Å²) >= 11 is 0. The lowest BCUT2D eigenvalue weighted by Gasteiger charge is -2.37. The van der Waals surface area contributed by atoms with Crippen molar-refractivity contribution in [1.29, 1.82) is 0 Å². The predicted octanol–water partition coefficient (Wildman–Crippen LogP) is 2.16. The molecule has 110 valence electrons. The number of hydrogen-bond donors (Lipinski definition) is 0. The Hall–Kier alpha value is -1.16. The van der Waals surface area contributed by atoms with Gasteiger partial charge in [-0.3, -0.25) is 19.4 Å². The van der Waals surface area contributed by atoms with E-state index >= 15 is 0 Å². The lowest BCUT2D eigenvalue weighted by atomic mass is 9.85. The van der Waals surface area contributed by atoms with Gasteiger partial charge in [-0.2, -0.15) is 0 Å². The van der Waals surface area contributed by atoms with Crippen molar-refractivity contribution in [2.24, 2.45) is 11.8 Å². The van der Waals surface area contributed by atoms with E-state index in [2.05, 4.69) is 11.8 Å².